The van der Waals surface area contributed by atoms with E-state index in [4.69, 9.17) is 0 Å². The second kappa shape index (κ2) is 7.34. The molecule has 0 bridgehead atoms. The maximum atomic E-state index is 14.2. The highest BCUT2D eigenvalue weighted by molar-refractivity contribution is 5.96. The third kappa shape index (κ3) is 3.51. The minimum Gasteiger partial charge on any atom is -0.339 e. The van der Waals surface area contributed by atoms with E-state index in [1.54, 1.807) is 36.4 Å². The largest absolute Gasteiger partial charge is 0.339 e. The fourth-order valence-corrected chi connectivity index (χ4v) is 4.41. The molecule has 0 aliphatic carbocycles. The van der Waals surface area contributed by atoms with E-state index in [2.05, 4.69) is 4.98 Å². The van der Waals surface area contributed by atoms with Gasteiger partial charge in [-0.05, 0) is 49.1 Å². The standard InChI is InChI=1S/C22H24FN3O2/c1-16-3-2-4-18(23)20(16)21(28)25-11-7-22(8-12-25)13-19(27)26(15-22)14-17-5-9-24-10-6-17/h2-6,9-10H,7-8,11-15H2,1H3. The van der Waals surface area contributed by atoms with Crippen LogP contribution in [0, 0.1) is 18.2 Å². The van der Waals surface area contributed by atoms with Crippen molar-refractivity contribution in [2.45, 2.75) is 32.7 Å². The molecule has 2 aliphatic heterocycles. The zero-order valence-electron chi connectivity index (χ0n) is 16.0. The molecule has 1 aromatic heterocycles. The summed E-state index contributed by atoms with van der Waals surface area (Å²) in [6.07, 6.45) is 5.54. The fraction of sp³-hybridized carbons (Fsp3) is 0.409. The molecule has 3 heterocycles. The summed E-state index contributed by atoms with van der Waals surface area (Å²) in [5.41, 5.74) is 1.82. The van der Waals surface area contributed by atoms with Crippen molar-refractivity contribution in [2.75, 3.05) is 19.6 Å². The predicted octanol–water partition coefficient (Wildman–Crippen LogP) is 3.18. The number of carbonyl (C=O) groups excluding carboxylic acids is 2. The van der Waals surface area contributed by atoms with Gasteiger partial charge in [0.1, 0.15) is 5.82 Å². The van der Waals surface area contributed by atoms with Gasteiger partial charge in [-0.1, -0.05) is 12.1 Å². The Labute approximate surface area is 164 Å². The first-order valence-electron chi connectivity index (χ1n) is 9.69. The Kier molecular flexibility index (Phi) is 4.87. The molecule has 2 fully saturated rings. The van der Waals surface area contributed by atoms with E-state index in [-0.39, 0.29) is 22.8 Å². The lowest BCUT2D eigenvalue weighted by Gasteiger charge is -2.39. The van der Waals surface area contributed by atoms with Crippen molar-refractivity contribution in [1.29, 1.82) is 0 Å². The molecule has 0 saturated carbocycles. The van der Waals surface area contributed by atoms with Gasteiger partial charge >= 0.3 is 0 Å². The predicted molar refractivity (Wildman–Crippen MR) is 103 cm³/mol. The Balaban J connectivity index is 1.41. The monoisotopic (exact) mass is 381 g/mol. The Morgan fingerprint density at radius 1 is 1.18 bits per heavy atom. The van der Waals surface area contributed by atoms with Crippen molar-refractivity contribution < 1.29 is 14.0 Å². The molecule has 6 heteroatoms. The van der Waals surface area contributed by atoms with E-state index in [1.807, 2.05) is 17.0 Å². The van der Waals surface area contributed by atoms with Crippen LogP contribution in [0.5, 0.6) is 0 Å². The van der Waals surface area contributed by atoms with Gasteiger partial charge in [0.15, 0.2) is 0 Å². The molecule has 1 aromatic carbocycles. The van der Waals surface area contributed by atoms with E-state index in [0.29, 0.717) is 31.6 Å². The number of amides is 2. The Morgan fingerprint density at radius 2 is 1.89 bits per heavy atom. The van der Waals surface area contributed by atoms with Gasteiger partial charge in [-0.25, -0.2) is 4.39 Å². The van der Waals surface area contributed by atoms with Gasteiger partial charge in [0.05, 0.1) is 5.56 Å². The van der Waals surface area contributed by atoms with Crippen LogP contribution in [-0.2, 0) is 11.3 Å². The van der Waals surface area contributed by atoms with Crippen LogP contribution < -0.4 is 0 Å². The second-order valence-corrected chi connectivity index (χ2v) is 8.01. The maximum Gasteiger partial charge on any atom is 0.257 e. The van der Waals surface area contributed by atoms with E-state index < -0.39 is 5.82 Å². The van der Waals surface area contributed by atoms with Crippen LogP contribution in [0.25, 0.3) is 0 Å². The number of hydrogen-bond donors (Lipinski definition) is 0. The lowest BCUT2D eigenvalue weighted by molar-refractivity contribution is -0.128. The molecule has 146 valence electrons. The smallest absolute Gasteiger partial charge is 0.257 e. The summed E-state index contributed by atoms with van der Waals surface area (Å²) in [7, 11) is 0. The third-order valence-electron chi connectivity index (χ3n) is 6.08. The van der Waals surface area contributed by atoms with Crippen LogP contribution in [-0.4, -0.2) is 46.2 Å². The summed E-state index contributed by atoms with van der Waals surface area (Å²) < 4.78 is 14.2. The van der Waals surface area contributed by atoms with E-state index in [0.717, 1.165) is 24.9 Å². The average Bonchev–Trinajstić information content (AvgIpc) is 2.97. The molecule has 4 rings (SSSR count). The molecule has 2 aromatic rings. The number of rotatable bonds is 3. The zero-order valence-corrected chi connectivity index (χ0v) is 16.0. The highest BCUT2D eigenvalue weighted by Gasteiger charge is 2.45. The van der Waals surface area contributed by atoms with Crippen molar-refractivity contribution in [3.05, 3.63) is 65.2 Å². The molecule has 28 heavy (non-hydrogen) atoms. The topological polar surface area (TPSA) is 53.5 Å². The molecule has 0 radical (unpaired) electrons. The Bertz CT molecular complexity index is 872. The molecule has 2 saturated heterocycles. The second-order valence-electron chi connectivity index (χ2n) is 8.01. The van der Waals surface area contributed by atoms with Gasteiger partial charge < -0.3 is 9.80 Å². The number of nitrogens with zero attached hydrogens (tertiary/aromatic N) is 3. The first kappa shape index (κ1) is 18.6. The summed E-state index contributed by atoms with van der Waals surface area (Å²) in [5.74, 6) is -0.546. The molecule has 5 nitrogen and oxygen atoms in total. The van der Waals surface area contributed by atoms with Crippen LogP contribution in [0.3, 0.4) is 0 Å². The molecular weight excluding hydrogens is 357 g/mol. The van der Waals surface area contributed by atoms with E-state index in [1.165, 1.54) is 6.07 Å². The highest BCUT2D eigenvalue weighted by atomic mass is 19.1. The van der Waals surface area contributed by atoms with Crippen molar-refractivity contribution in [1.82, 2.24) is 14.8 Å². The SMILES string of the molecule is Cc1cccc(F)c1C(=O)N1CCC2(CC1)CC(=O)N(Cc1ccncc1)C2. The molecule has 2 aliphatic rings. The first-order valence-corrected chi connectivity index (χ1v) is 9.69. The third-order valence-corrected chi connectivity index (χ3v) is 6.08. The number of pyridine rings is 1. The summed E-state index contributed by atoms with van der Waals surface area (Å²) >= 11 is 0. The quantitative estimate of drug-likeness (QED) is 0.821. The van der Waals surface area contributed by atoms with Crippen LogP contribution >= 0.6 is 0 Å². The van der Waals surface area contributed by atoms with Crippen molar-refractivity contribution in [3.63, 3.8) is 0 Å². The Hall–Kier alpha value is -2.76. The molecule has 0 unspecified atom stereocenters. The summed E-state index contributed by atoms with van der Waals surface area (Å²) in [5, 5.41) is 0. The summed E-state index contributed by atoms with van der Waals surface area (Å²) in [4.78, 5) is 33.0. The number of benzene rings is 1. The van der Waals surface area contributed by atoms with Crippen molar-refractivity contribution >= 4 is 11.8 Å². The maximum absolute atomic E-state index is 14.2. The van der Waals surface area contributed by atoms with Crippen LogP contribution in [0.15, 0.2) is 42.7 Å². The Morgan fingerprint density at radius 3 is 2.57 bits per heavy atom. The van der Waals surface area contributed by atoms with Gasteiger partial charge in [0.25, 0.3) is 5.91 Å². The van der Waals surface area contributed by atoms with Gasteiger partial charge in [-0.2, -0.15) is 0 Å². The molecule has 1 spiro atoms. The van der Waals surface area contributed by atoms with Crippen molar-refractivity contribution in [3.8, 4) is 0 Å². The van der Waals surface area contributed by atoms with E-state index >= 15 is 0 Å². The number of aryl methyl sites for hydroxylation is 1. The van der Waals surface area contributed by atoms with Crippen LogP contribution in [0.4, 0.5) is 4.39 Å². The highest BCUT2D eigenvalue weighted by Crippen LogP contribution is 2.41. The molecule has 0 atom stereocenters. The number of carbonyl (C=O) groups is 2. The lowest BCUT2D eigenvalue weighted by Crippen LogP contribution is -2.44. The normalized spacial score (nSPS) is 18.7. The van der Waals surface area contributed by atoms with Crippen LogP contribution in [0.1, 0.15) is 40.7 Å². The fourth-order valence-electron chi connectivity index (χ4n) is 4.41. The summed E-state index contributed by atoms with van der Waals surface area (Å²) in [6.45, 7) is 4.19. The molecule has 0 N–H and O–H groups in total. The average molecular weight is 381 g/mol. The van der Waals surface area contributed by atoms with Crippen LogP contribution in [0.2, 0.25) is 0 Å². The zero-order chi connectivity index (χ0) is 19.7. The number of likely N-dealkylation sites (tertiary alicyclic amines) is 2. The summed E-state index contributed by atoms with van der Waals surface area (Å²) in [6, 6.07) is 8.56. The van der Waals surface area contributed by atoms with E-state index in [9.17, 15) is 14.0 Å². The first-order chi connectivity index (χ1) is 13.5. The number of halogens is 1. The lowest BCUT2D eigenvalue weighted by atomic mass is 9.77. The van der Waals surface area contributed by atoms with Crippen molar-refractivity contribution in [2.24, 2.45) is 5.41 Å². The van der Waals surface area contributed by atoms with Gasteiger partial charge in [-0.15, -0.1) is 0 Å². The van der Waals surface area contributed by atoms with Gasteiger partial charge in [-0.3, -0.25) is 14.6 Å². The number of hydrogen-bond acceptors (Lipinski definition) is 3. The minimum atomic E-state index is -0.468. The molecular formula is C22H24FN3O2. The number of aromatic nitrogens is 1. The van der Waals surface area contributed by atoms with Gasteiger partial charge in [0.2, 0.25) is 5.91 Å². The molecule has 2 amide bonds. The van der Waals surface area contributed by atoms with Gasteiger partial charge in [0, 0.05) is 50.4 Å². The minimum absolute atomic E-state index is 0.0782. The number of piperidine rings is 1.